The number of alkyl halides is 3. The first-order valence-electron chi connectivity index (χ1n) is 14.4. The molecule has 0 amide bonds. The van der Waals surface area contributed by atoms with E-state index in [0.717, 1.165) is 4.68 Å². The Morgan fingerprint density at radius 2 is 1.67 bits per heavy atom. The summed E-state index contributed by atoms with van der Waals surface area (Å²) in [6.07, 6.45) is 1.13. The Labute approximate surface area is 262 Å². The predicted octanol–water partition coefficient (Wildman–Crippen LogP) is 6.70. The van der Waals surface area contributed by atoms with E-state index in [4.69, 9.17) is 0 Å². The van der Waals surface area contributed by atoms with Crippen LogP contribution in [0.15, 0.2) is 55.1 Å². The van der Waals surface area contributed by atoms with Gasteiger partial charge in [-0.1, -0.05) is 32.1 Å². The lowest BCUT2D eigenvalue weighted by Gasteiger charge is -2.23. The third-order valence-corrected chi connectivity index (χ3v) is 8.10. The molecule has 0 bridgehead atoms. The molecule has 3 heterocycles. The van der Waals surface area contributed by atoms with Crippen LogP contribution >= 0.6 is 0 Å². The van der Waals surface area contributed by atoms with Gasteiger partial charge in [-0.05, 0) is 53.5 Å². The van der Waals surface area contributed by atoms with Gasteiger partial charge >= 0.3 is 6.18 Å². The minimum absolute atomic E-state index is 0.0996. The Balaban J connectivity index is 1.54. The van der Waals surface area contributed by atoms with Crippen LogP contribution in [0.3, 0.4) is 0 Å². The second-order valence-corrected chi connectivity index (χ2v) is 12.5. The maximum Gasteiger partial charge on any atom is 0.413 e. The number of pyridine rings is 2. The average molecular weight is 621 g/mol. The minimum atomic E-state index is -4.50. The van der Waals surface area contributed by atoms with E-state index in [1.807, 2.05) is 20.8 Å². The smallest absolute Gasteiger partial charge is 0.383 e. The summed E-state index contributed by atoms with van der Waals surface area (Å²) < 4.78 is 42.9. The molecule has 0 unspecified atom stereocenters. The molecule has 1 atom stereocenters. The summed E-state index contributed by atoms with van der Waals surface area (Å²) in [4.78, 5) is 8.57. The van der Waals surface area contributed by atoms with Crippen molar-refractivity contribution in [1.82, 2.24) is 25.0 Å². The SMILES string of the molecule is CC(C)(C)CNc1c(C#N)cnc2c(C#N)cc(N[C@H](c3cn(C4(C(F)(F)F)CC4)nn3)c3ccc(C#N)c4cnccc34)cc12. The molecule has 2 aromatic carbocycles. The molecule has 3 aromatic heterocycles. The summed E-state index contributed by atoms with van der Waals surface area (Å²) in [5.41, 5.74) is 0.812. The summed E-state index contributed by atoms with van der Waals surface area (Å²) in [7, 11) is 0. The first-order chi connectivity index (χ1) is 21.9. The van der Waals surface area contributed by atoms with E-state index in [1.165, 1.54) is 12.4 Å². The lowest BCUT2D eigenvalue weighted by Crippen LogP contribution is -2.35. The Morgan fingerprint density at radius 3 is 2.33 bits per heavy atom. The molecule has 1 saturated carbocycles. The van der Waals surface area contributed by atoms with Crippen LogP contribution in [-0.4, -0.2) is 37.7 Å². The van der Waals surface area contributed by atoms with E-state index in [0.29, 0.717) is 56.3 Å². The van der Waals surface area contributed by atoms with Gasteiger partial charge in [0.05, 0.1) is 46.2 Å². The van der Waals surface area contributed by atoms with E-state index >= 15 is 0 Å². The van der Waals surface area contributed by atoms with Crippen LogP contribution in [0, 0.1) is 39.4 Å². The minimum Gasteiger partial charge on any atom is -0.383 e. The van der Waals surface area contributed by atoms with Crippen LogP contribution < -0.4 is 10.6 Å². The molecular formula is C33H27F3N10. The molecule has 0 spiro atoms. The van der Waals surface area contributed by atoms with Crippen molar-refractivity contribution < 1.29 is 13.2 Å². The molecule has 0 saturated heterocycles. The fourth-order valence-corrected chi connectivity index (χ4v) is 5.52. The van der Waals surface area contributed by atoms with Crippen molar-refractivity contribution in [3.05, 3.63) is 83.1 Å². The number of aromatic nitrogens is 5. The molecule has 0 radical (unpaired) electrons. The van der Waals surface area contributed by atoms with Gasteiger partial charge in [0.2, 0.25) is 0 Å². The first-order valence-corrected chi connectivity index (χ1v) is 14.4. The monoisotopic (exact) mass is 620 g/mol. The Bertz CT molecular complexity index is 2120. The standard InChI is InChI=1S/C33H27F3N10/c1-31(2,3)18-42-29-21(14-39)15-41-28-20(13-38)10-22(11-25(28)29)43-30(24-5-4-19(12-37)26-16-40-9-6-23(24)26)27-17-46(45-44-27)32(7-8-32)33(34,35)36/h4-6,9-11,15-17,30,43H,7-8,18H2,1-3H3,(H,41,42)/t30-/m0/s1. The second kappa shape index (κ2) is 11.0. The van der Waals surface area contributed by atoms with Crippen molar-refractivity contribution in [3.8, 4) is 18.2 Å². The third-order valence-electron chi connectivity index (χ3n) is 8.10. The number of anilines is 2. The van der Waals surface area contributed by atoms with Crippen molar-refractivity contribution in [2.75, 3.05) is 17.2 Å². The predicted molar refractivity (Wildman–Crippen MR) is 164 cm³/mol. The first kappa shape index (κ1) is 30.3. The lowest BCUT2D eigenvalue weighted by atomic mass is 9.94. The van der Waals surface area contributed by atoms with E-state index in [9.17, 15) is 29.0 Å². The molecule has 1 fully saturated rings. The number of benzene rings is 2. The van der Waals surface area contributed by atoms with Gasteiger partial charge in [0.1, 0.15) is 17.8 Å². The Hall–Kier alpha value is -5.74. The molecule has 230 valence electrons. The molecule has 1 aliphatic rings. The van der Waals surface area contributed by atoms with Crippen LogP contribution in [0.4, 0.5) is 24.5 Å². The lowest BCUT2D eigenvalue weighted by molar-refractivity contribution is -0.182. The molecular weight excluding hydrogens is 593 g/mol. The molecule has 2 N–H and O–H groups in total. The number of fused-ring (bicyclic) bond motifs is 2. The van der Waals surface area contributed by atoms with Gasteiger partial charge in [0.15, 0.2) is 5.54 Å². The van der Waals surface area contributed by atoms with E-state index in [-0.39, 0.29) is 29.5 Å². The zero-order chi connectivity index (χ0) is 32.9. The highest BCUT2D eigenvalue weighted by molar-refractivity contribution is 5.99. The molecule has 1 aliphatic carbocycles. The number of nitrogens with one attached hydrogen (secondary N) is 2. The van der Waals surface area contributed by atoms with Crippen molar-refractivity contribution in [1.29, 1.82) is 15.8 Å². The van der Waals surface area contributed by atoms with Gasteiger partial charge < -0.3 is 10.6 Å². The van der Waals surface area contributed by atoms with E-state index in [1.54, 1.807) is 42.7 Å². The van der Waals surface area contributed by atoms with Gasteiger partial charge in [-0.3, -0.25) is 9.97 Å². The van der Waals surface area contributed by atoms with Crippen molar-refractivity contribution in [3.63, 3.8) is 0 Å². The van der Waals surface area contributed by atoms with Crippen LogP contribution in [0.5, 0.6) is 0 Å². The molecule has 13 heteroatoms. The molecule has 5 aromatic rings. The quantitative estimate of drug-likeness (QED) is 0.202. The Kier molecular flexibility index (Phi) is 7.25. The average Bonchev–Trinajstić information content (AvgIpc) is 3.72. The summed E-state index contributed by atoms with van der Waals surface area (Å²) >= 11 is 0. The Morgan fingerprint density at radius 1 is 0.935 bits per heavy atom. The number of halogens is 3. The van der Waals surface area contributed by atoms with Crippen LogP contribution in [0.25, 0.3) is 21.7 Å². The normalized spacial score (nSPS) is 14.7. The zero-order valence-electron chi connectivity index (χ0n) is 25.1. The number of rotatable bonds is 7. The van der Waals surface area contributed by atoms with Gasteiger partial charge in [0.25, 0.3) is 0 Å². The number of hydrogen-bond acceptors (Lipinski definition) is 9. The fraction of sp³-hybridized carbons (Fsp3) is 0.303. The number of nitrogens with zero attached hydrogens (tertiary/aromatic N) is 8. The highest BCUT2D eigenvalue weighted by Gasteiger charge is 2.66. The topological polar surface area (TPSA) is 152 Å². The molecule has 0 aliphatic heterocycles. The maximum absolute atomic E-state index is 14.0. The summed E-state index contributed by atoms with van der Waals surface area (Å²) in [6.45, 7) is 6.66. The molecule has 6 rings (SSSR count). The summed E-state index contributed by atoms with van der Waals surface area (Å²) in [5.74, 6) is 0. The second-order valence-electron chi connectivity index (χ2n) is 12.5. The summed E-state index contributed by atoms with van der Waals surface area (Å²) in [5, 5.41) is 46.3. The highest BCUT2D eigenvalue weighted by atomic mass is 19.4. The number of hydrogen-bond donors (Lipinski definition) is 2. The fourth-order valence-electron chi connectivity index (χ4n) is 5.52. The molecule has 10 nitrogen and oxygen atoms in total. The summed E-state index contributed by atoms with van der Waals surface area (Å²) in [6, 6.07) is 14.0. The number of nitriles is 3. The van der Waals surface area contributed by atoms with Crippen molar-refractivity contribution >= 4 is 33.1 Å². The van der Waals surface area contributed by atoms with Gasteiger partial charge in [0, 0.05) is 41.6 Å². The van der Waals surface area contributed by atoms with Gasteiger partial charge in [-0.2, -0.15) is 29.0 Å². The van der Waals surface area contributed by atoms with E-state index in [2.05, 4.69) is 49.1 Å². The largest absolute Gasteiger partial charge is 0.413 e. The van der Waals surface area contributed by atoms with Crippen LogP contribution in [-0.2, 0) is 5.54 Å². The molecule has 46 heavy (non-hydrogen) atoms. The maximum atomic E-state index is 14.0. The van der Waals surface area contributed by atoms with Crippen molar-refractivity contribution in [2.24, 2.45) is 5.41 Å². The van der Waals surface area contributed by atoms with Gasteiger partial charge in [-0.15, -0.1) is 5.10 Å². The van der Waals surface area contributed by atoms with E-state index < -0.39 is 17.8 Å². The zero-order valence-corrected chi connectivity index (χ0v) is 25.1. The van der Waals surface area contributed by atoms with Gasteiger partial charge in [-0.25, -0.2) is 4.68 Å². The van der Waals surface area contributed by atoms with Crippen LogP contribution in [0.1, 0.15) is 67.6 Å². The highest BCUT2D eigenvalue weighted by Crippen LogP contribution is 2.55. The van der Waals surface area contributed by atoms with Crippen LogP contribution in [0.2, 0.25) is 0 Å². The third kappa shape index (κ3) is 5.28. The van der Waals surface area contributed by atoms with Crippen molar-refractivity contribution in [2.45, 2.75) is 51.4 Å².